The standard InChI is InChI=1S/C15H21N3S2/c19-15-18(10-11-20-15)13-17-8-6-16(7-9-17)12-14-4-2-1-3-5-14/h1-5H,6-13H2. The second-order valence-electron chi connectivity index (χ2n) is 5.40. The van der Waals surface area contributed by atoms with Crippen LogP contribution in [0.2, 0.25) is 0 Å². The monoisotopic (exact) mass is 307 g/mol. The van der Waals surface area contributed by atoms with Crippen molar-refractivity contribution in [2.45, 2.75) is 6.54 Å². The Morgan fingerprint density at radius 2 is 1.65 bits per heavy atom. The maximum atomic E-state index is 5.37. The number of hydrogen-bond donors (Lipinski definition) is 0. The van der Waals surface area contributed by atoms with E-state index in [4.69, 9.17) is 12.2 Å². The Hall–Kier alpha value is -0.620. The minimum Gasteiger partial charge on any atom is -0.344 e. The highest BCUT2D eigenvalue weighted by Gasteiger charge is 2.22. The molecule has 0 N–H and O–H groups in total. The number of thiocarbonyl (C=S) groups is 1. The van der Waals surface area contributed by atoms with E-state index < -0.39 is 0 Å². The van der Waals surface area contributed by atoms with Crippen molar-refractivity contribution < 1.29 is 0 Å². The summed E-state index contributed by atoms with van der Waals surface area (Å²) in [5, 5.41) is 0. The fourth-order valence-electron chi connectivity index (χ4n) is 2.73. The van der Waals surface area contributed by atoms with Crippen LogP contribution in [0.1, 0.15) is 5.56 Å². The van der Waals surface area contributed by atoms with Crippen molar-refractivity contribution in [3.05, 3.63) is 35.9 Å². The van der Waals surface area contributed by atoms with Crippen LogP contribution in [0.25, 0.3) is 0 Å². The Labute approximate surface area is 130 Å². The molecule has 2 aliphatic rings. The van der Waals surface area contributed by atoms with Crippen LogP contribution in [0.15, 0.2) is 30.3 Å². The SMILES string of the molecule is S=C1SCCN1CN1CCN(Cc2ccccc2)CC1. The highest BCUT2D eigenvalue weighted by atomic mass is 32.2. The zero-order valence-electron chi connectivity index (χ0n) is 11.7. The van der Waals surface area contributed by atoms with Crippen LogP contribution in [0, 0.1) is 0 Å². The Bertz CT molecular complexity index is 444. The molecule has 0 atom stereocenters. The summed E-state index contributed by atoms with van der Waals surface area (Å²) in [7, 11) is 0. The number of nitrogens with zero attached hydrogens (tertiary/aromatic N) is 3. The summed E-state index contributed by atoms with van der Waals surface area (Å²) >= 11 is 7.19. The molecule has 2 saturated heterocycles. The third kappa shape index (κ3) is 3.73. The summed E-state index contributed by atoms with van der Waals surface area (Å²) in [6, 6.07) is 10.8. The van der Waals surface area contributed by atoms with Gasteiger partial charge in [0.25, 0.3) is 0 Å². The number of hydrogen-bond acceptors (Lipinski definition) is 4. The summed E-state index contributed by atoms with van der Waals surface area (Å²) in [5.41, 5.74) is 1.41. The van der Waals surface area contributed by atoms with E-state index in [0.29, 0.717) is 0 Å². The van der Waals surface area contributed by atoms with Gasteiger partial charge in [0.05, 0.1) is 6.67 Å². The summed E-state index contributed by atoms with van der Waals surface area (Å²) in [5.74, 6) is 1.16. The molecule has 2 heterocycles. The van der Waals surface area contributed by atoms with Gasteiger partial charge in [0, 0.05) is 45.0 Å². The molecule has 0 radical (unpaired) electrons. The Kier molecular flexibility index (Phi) is 4.94. The normalized spacial score (nSPS) is 21.6. The minimum absolute atomic E-state index is 1.02. The summed E-state index contributed by atoms with van der Waals surface area (Å²) in [4.78, 5) is 7.41. The van der Waals surface area contributed by atoms with E-state index in [9.17, 15) is 0 Å². The molecule has 5 heteroatoms. The molecule has 1 aromatic carbocycles. The third-order valence-electron chi connectivity index (χ3n) is 3.93. The largest absolute Gasteiger partial charge is 0.344 e. The first-order valence-electron chi connectivity index (χ1n) is 7.21. The Morgan fingerprint density at radius 3 is 2.30 bits per heavy atom. The summed E-state index contributed by atoms with van der Waals surface area (Å²) in [6.45, 7) is 7.82. The lowest BCUT2D eigenvalue weighted by Crippen LogP contribution is -2.49. The van der Waals surface area contributed by atoms with Crippen molar-refractivity contribution >= 4 is 28.3 Å². The first-order chi connectivity index (χ1) is 9.81. The fraction of sp³-hybridized carbons (Fsp3) is 0.533. The van der Waals surface area contributed by atoms with E-state index in [2.05, 4.69) is 45.0 Å². The first kappa shape index (κ1) is 14.3. The molecule has 3 nitrogen and oxygen atoms in total. The van der Waals surface area contributed by atoms with E-state index in [-0.39, 0.29) is 0 Å². The lowest BCUT2D eigenvalue weighted by Gasteiger charge is -2.36. The lowest BCUT2D eigenvalue weighted by molar-refractivity contribution is 0.0988. The van der Waals surface area contributed by atoms with E-state index in [0.717, 1.165) is 56.0 Å². The van der Waals surface area contributed by atoms with Gasteiger partial charge in [0.15, 0.2) is 0 Å². The predicted molar refractivity (Wildman–Crippen MR) is 89.9 cm³/mol. The second-order valence-corrected chi connectivity index (χ2v) is 7.13. The molecule has 0 aliphatic carbocycles. The molecule has 20 heavy (non-hydrogen) atoms. The molecule has 0 amide bonds. The van der Waals surface area contributed by atoms with Crippen molar-refractivity contribution in [2.24, 2.45) is 0 Å². The highest BCUT2D eigenvalue weighted by Crippen LogP contribution is 2.18. The third-order valence-corrected chi connectivity index (χ3v) is 5.43. The number of piperazine rings is 1. The van der Waals surface area contributed by atoms with Crippen LogP contribution < -0.4 is 0 Å². The molecule has 1 aromatic rings. The number of thioether (sulfide) groups is 1. The van der Waals surface area contributed by atoms with Gasteiger partial charge in [-0.25, -0.2) is 0 Å². The average molecular weight is 307 g/mol. The molecule has 108 valence electrons. The Morgan fingerprint density at radius 1 is 0.950 bits per heavy atom. The van der Waals surface area contributed by atoms with Crippen LogP contribution in [-0.2, 0) is 6.54 Å². The average Bonchev–Trinajstić information content (AvgIpc) is 2.88. The van der Waals surface area contributed by atoms with Gasteiger partial charge in [-0.3, -0.25) is 9.80 Å². The summed E-state index contributed by atoms with van der Waals surface area (Å²) in [6.07, 6.45) is 0. The van der Waals surface area contributed by atoms with Gasteiger partial charge in [-0.15, -0.1) is 0 Å². The molecule has 0 saturated carbocycles. The van der Waals surface area contributed by atoms with Gasteiger partial charge in [0.1, 0.15) is 4.32 Å². The molecular weight excluding hydrogens is 286 g/mol. The molecule has 0 unspecified atom stereocenters. The molecule has 2 aliphatic heterocycles. The fourth-order valence-corrected chi connectivity index (χ4v) is 3.94. The zero-order valence-corrected chi connectivity index (χ0v) is 13.3. The van der Waals surface area contributed by atoms with Gasteiger partial charge >= 0.3 is 0 Å². The van der Waals surface area contributed by atoms with Crippen molar-refractivity contribution in [1.29, 1.82) is 0 Å². The van der Waals surface area contributed by atoms with Crippen LogP contribution in [-0.4, -0.2) is 64.2 Å². The molecule has 0 aromatic heterocycles. The van der Waals surface area contributed by atoms with Crippen LogP contribution in [0.4, 0.5) is 0 Å². The zero-order chi connectivity index (χ0) is 13.8. The first-order valence-corrected chi connectivity index (χ1v) is 8.61. The smallest absolute Gasteiger partial charge is 0.137 e. The van der Waals surface area contributed by atoms with Crippen LogP contribution in [0.3, 0.4) is 0 Å². The quantitative estimate of drug-likeness (QED) is 0.786. The van der Waals surface area contributed by atoms with Gasteiger partial charge in [-0.2, -0.15) is 0 Å². The van der Waals surface area contributed by atoms with Crippen molar-refractivity contribution in [1.82, 2.24) is 14.7 Å². The van der Waals surface area contributed by atoms with Gasteiger partial charge in [-0.1, -0.05) is 54.3 Å². The topological polar surface area (TPSA) is 9.72 Å². The van der Waals surface area contributed by atoms with Crippen LogP contribution >= 0.6 is 24.0 Å². The molecular formula is C15H21N3S2. The minimum atomic E-state index is 1.02. The predicted octanol–water partition coefficient (Wildman–Crippen LogP) is 2.10. The van der Waals surface area contributed by atoms with Crippen molar-refractivity contribution in [3.63, 3.8) is 0 Å². The molecule has 0 bridgehead atoms. The molecule has 3 rings (SSSR count). The maximum absolute atomic E-state index is 5.37. The van der Waals surface area contributed by atoms with E-state index in [1.807, 2.05) is 11.8 Å². The number of benzene rings is 1. The van der Waals surface area contributed by atoms with Gasteiger partial charge in [-0.05, 0) is 5.56 Å². The van der Waals surface area contributed by atoms with E-state index >= 15 is 0 Å². The molecule has 0 spiro atoms. The van der Waals surface area contributed by atoms with Gasteiger partial charge < -0.3 is 4.90 Å². The van der Waals surface area contributed by atoms with E-state index in [1.54, 1.807) is 0 Å². The number of rotatable bonds is 4. The van der Waals surface area contributed by atoms with Gasteiger partial charge in [0.2, 0.25) is 0 Å². The second kappa shape index (κ2) is 6.89. The Balaban J connectivity index is 1.44. The molecule has 2 fully saturated rings. The maximum Gasteiger partial charge on any atom is 0.137 e. The van der Waals surface area contributed by atoms with Crippen molar-refractivity contribution in [2.75, 3.05) is 45.1 Å². The van der Waals surface area contributed by atoms with Crippen molar-refractivity contribution in [3.8, 4) is 0 Å². The summed E-state index contributed by atoms with van der Waals surface area (Å²) < 4.78 is 1.08. The van der Waals surface area contributed by atoms with E-state index in [1.165, 1.54) is 5.56 Å². The highest BCUT2D eigenvalue weighted by molar-refractivity contribution is 8.23. The van der Waals surface area contributed by atoms with Crippen LogP contribution in [0.5, 0.6) is 0 Å². The lowest BCUT2D eigenvalue weighted by atomic mass is 10.2.